The fraction of sp³-hybridized carbons (Fsp3) is 0.0769. The summed E-state index contributed by atoms with van der Waals surface area (Å²) >= 11 is 0. The van der Waals surface area contributed by atoms with Gasteiger partial charge in [0.2, 0.25) is 0 Å². The fourth-order valence-corrected chi connectivity index (χ4v) is 3.97. The zero-order chi connectivity index (χ0) is 21.9. The highest BCUT2D eigenvalue weighted by atomic mass is 19.4. The van der Waals surface area contributed by atoms with Crippen LogP contribution in [0.15, 0.2) is 103 Å². The lowest BCUT2D eigenvalue weighted by atomic mass is 9.65. The minimum absolute atomic E-state index is 0.270. The van der Waals surface area contributed by atoms with Gasteiger partial charge in [-0.3, -0.25) is 0 Å². The average Bonchev–Trinajstić information content (AvgIpc) is 2.81. The Balaban J connectivity index is 2.06. The van der Waals surface area contributed by atoms with Crippen LogP contribution in [0, 0.1) is 11.3 Å². The normalized spacial score (nSPS) is 11.7. The molecule has 1 aromatic heterocycles. The van der Waals surface area contributed by atoms with Crippen molar-refractivity contribution in [2.45, 2.75) is 11.6 Å². The highest BCUT2D eigenvalue weighted by molar-refractivity contribution is 5.59. The summed E-state index contributed by atoms with van der Waals surface area (Å²) < 4.78 is 39.7. The first-order chi connectivity index (χ1) is 15.0. The van der Waals surface area contributed by atoms with Crippen molar-refractivity contribution in [2.75, 3.05) is 0 Å². The summed E-state index contributed by atoms with van der Waals surface area (Å²) in [5.41, 5.74) is 1.84. The number of aromatic nitrogens is 1. The Bertz CT molecular complexity index is 1150. The summed E-state index contributed by atoms with van der Waals surface area (Å²) in [4.78, 5) is 4.26. The third kappa shape index (κ3) is 3.69. The van der Waals surface area contributed by atoms with E-state index in [1.54, 1.807) is 12.3 Å². The summed E-state index contributed by atoms with van der Waals surface area (Å²) in [6.45, 7) is 0. The van der Waals surface area contributed by atoms with Gasteiger partial charge < -0.3 is 0 Å². The molecule has 0 aliphatic heterocycles. The quantitative estimate of drug-likeness (QED) is 0.365. The Labute approximate surface area is 178 Å². The molecular formula is C26H17F3N2. The van der Waals surface area contributed by atoms with E-state index in [4.69, 9.17) is 0 Å². The molecule has 5 heteroatoms. The van der Waals surface area contributed by atoms with E-state index >= 15 is 0 Å². The van der Waals surface area contributed by atoms with Crippen molar-refractivity contribution in [1.82, 2.24) is 4.98 Å². The summed E-state index contributed by atoms with van der Waals surface area (Å²) in [7, 11) is 0. The minimum atomic E-state index is -4.42. The highest BCUT2D eigenvalue weighted by Gasteiger charge is 2.39. The maximum Gasteiger partial charge on any atom is 0.416 e. The molecule has 0 amide bonds. The number of nitrogens with zero attached hydrogens (tertiary/aromatic N) is 2. The Morgan fingerprint density at radius 3 is 1.45 bits per heavy atom. The summed E-state index contributed by atoms with van der Waals surface area (Å²) in [6.07, 6.45) is -2.80. The van der Waals surface area contributed by atoms with Crippen LogP contribution in [0.5, 0.6) is 0 Å². The van der Waals surface area contributed by atoms with Crippen LogP contribution in [0.4, 0.5) is 13.2 Å². The van der Waals surface area contributed by atoms with Crippen LogP contribution in [0.2, 0.25) is 0 Å². The molecule has 4 aromatic rings. The standard InChI is InChI=1S/C26H17F3N2/c27-26(28,29)22-13-11-21(12-14-22)25(19-7-3-1-4-8-19,20-9-5-2-6-10-20)23-15-16-24(17-30)31-18-23/h1-16,18H. The summed E-state index contributed by atoms with van der Waals surface area (Å²) in [6, 6.07) is 29.8. The monoisotopic (exact) mass is 414 g/mol. The van der Waals surface area contributed by atoms with Gasteiger partial charge in [0.15, 0.2) is 0 Å². The van der Waals surface area contributed by atoms with E-state index in [1.807, 2.05) is 72.8 Å². The molecule has 0 bridgehead atoms. The lowest BCUT2D eigenvalue weighted by Crippen LogP contribution is -2.31. The van der Waals surface area contributed by atoms with E-state index in [0.29, 0.717) is 5.56 Å². The van der Waals surface area contributed by atoms with E-state index in [9.17, 15) is 18.4 Å². The van der Waals surface area contributed by atoms with Gasteiger partial charge in [0, 0.05) is 6.20 Å². The number of alkyl halides is 3. The molecule has 0 radical (unpaired) electrons. The van der Waals surface area contributed by atoms with Gasteiger partial charge in [-0.15, -0.1) is 0 Å². The van der Waals surface area contributed by atoms with Crippen LogP contribution < -0.4 is 0 Å². The molecule has 0 unspecified atom stereocenters. The maximum atomic E-state index is 13.2. The van der Waals surface area contributed by atoms with Crippen LogP contribution in [0.25, 0.3) is 0 Å². The smallest absolute Gasteiger partial charge is 0.245 e. The van der Waals surface area contributed by atoms with Crippen LogP contribution in [0.1, 0.15) is 33.5 Å². The summed E-state index contributed by atoms with van der Waals surface area (Å²) in [5, 5.41) is 9.17. The third-order valence-electron chi connectivity index (χ3n) is 5.37. The van der Waals surface area contributed by atoms with Gasteiger partial charge in [-0.2, -0.15) is 18.4 Å². The number of rotatable bonds is 4. The van der Waals surface area contributed by atoms with Gasteiger partial charge in [-0.05, 0) is 40.5 Å². The largest absolute Gasteiger partial charge is 0.416 e. The van der Waals surface area contributed by atoms with Gasteiger partial charge >= 0.3 is 6.18 Å². The topological polar surface area (TPSA) is 36.7 Å². The van der Waals surface area contributed by atoms with Crippen molar-refractivity contribution in [2.24, 2.45) is 0 Å². The van der Waals surface area contributed by atoms with E-state index in [0.717, 1.165) is 28.8 Å². The van der Waals surface area contributed by atoms with Gasteiger partial charge in [0.25, 0.3) is 0 Å². The van der Waals surface area contributed by atoms with Crippen LogP contribution >= 0.6 is 0 Å². The number of pyridine rings is 1. The molecule has 3 aromatic carbocycles. The molecular weight excluding hydrogens is 397 g/mol. The van der Waals surface area contributed by atoms with Crippen molar-refractivity contribution >= 4 is 0 Å². The average molecular weight is 414 g/mol. The molecule has 0 aliphatic rings. The maximum absolute atomic E-state index is 13.2. The van der Waals surface area contributed by atoms with Crippen LogP contribution in [-0.2, 0) is 11.6 Å². The fourth-order valence-electron chi connectivity index (χ4n) is 3.97. The van der Waals surface area contributed by atoms with Crippen LogP contribution in [0.3, 0.4) is 0 Å². The predicted molar refractivity (Wildman–Crippen MR) is 112 cm³/mol. The van der Waals surface area contributed by atoms with Crippen molar-refractivity contribution in [1.29, 1.82) is 5.26 Å². The van der Waals surface area contributed by atoms with Crippen molar-refractivity contribution in [3.05, 3.63) is 137 Å². The van der Waals surface area contributed by atoms with E-state index in [-0.39, 0.29) is 5.69 Å². The second kappa shape index (κ2) is 8.08. The molecule has 0 spiro atoms. The molecule has 0 aliphatic carbocycles. The molecule has 0 saturated heterocycles. The van der Waals surface area contributed by atoms with E-state index in [2.05, 4.69) is 4.98 Å². The Kier molecular flexibility index (Phi) is 5.31. The highest BCUT2D eigenvalue weighted by Crippen LogP contribution is 2.45. The van der Waals surface area contributed by atoms with Gasteiger partial charge in [-0.1, -0.05) is 78.9 Å². The first kappa shape index (κ1) is 20.4. The molecule has 0 fully saturated rings. The number of hydrogen-bond donors (Lipinski definition) is 0. The van der Waals surface area contributed by atoms with Crippen LogP contribution in [-0.4, -0.2) is 4.98 Å². The molecule has 0 N–H and O–H groups in total. The Hall–Kier alpha value is -3.91. The number of nitriles is 1. The molecule has 31 heavy (non-hydrogen) atoms. The first-order valence-corrected chi connectivity index (χ1v) is 9.61. The third-order valence-corrected chi connectivity index (χ3v) is 5.37. The first-order valence-electron chi connectivity index (χ1n) is 9.61. The molecule has 0 atom stereocenters. The van der Waals surface area contributed by atoms with Gasteiger partial charge in [0.1, 0.15) is 11.8 Å². The van der Waals surface area contributed by atoms with Crippen molar-refractivity contribution < 1.29 is 13.2 Å². The molecule has 2 nitrogen and oxygen atoms in total. The number of halogens is 3. The SMILES string of the molecule is N#Cc1ccc(C(c2ccccc2)(c2ccccc2)c2ccc(C(F)(F)F)cc2)cn1. The minimum Gasteiger partial charge on any atom is -0.245 e. The van der Waals surface area contributed by atoms with Crippen molar-refractivity contribution in [3.8, 4) is 6.07 Å². The second-order valence-corrected chi connectivity index (χ2v) is 7.10. The second-order valence-electron chi connectivity index (χ2n) is 7.10. The lowest BCUT2D eigenvalue weighted by Gasteiger charge is -2.36. The van der Waals surface area contributed by atoms with E-state index in [1.165, 1.54) is 12.1 Å². The van der Waals surface area contributed by atoms with Gasteiger partial charge in [-0.25, -0.2) is 4.98 Å². The van der Waals surface area contributed by atoms with E-state index < -0.39 is 17.2 Å². The molecule has 4 rings (SSSR count). The Morgan fingerprint density at radius 1 is 0.581 bits per heavy atom. The van der Waals surface area contributed by atoms with Gasteiger partial charge in [0.05, 0.1) is 11.0 Å². The lowest BCUT2D eigenvalue weighted by molar-refractivity contribution is -0.137. The molecule has 1 heterocycles. The Morgan fingerprint density at radius 2 is 1.03 bits per heavy atom. The molecule has 152 valence electrons. The molecule has 0 saturated carbocycles. The van der Waals surface area contributed by atoms with Crippen molar-refractivity contribution in [3.63, 3.8) is 0 Å². The zero-order valence-electron chi connectivity index (χ0n) is 16.3. The zero-order valence-corrected chi connectivity index (χ0v) is 16.3. The predicted octanol–water partition coefficient (Wildman–Crippen LogP) is 6.35. The number of benzene rings is 3. The summed E-state index contributed by atoms with van der Waals surface area (Å²) in [5.74, 6) is 0. The number of hydrogen-bond acceptors (Lipinski definition) is 2.